The molecule has 1 heterocycles. The summed E-state index contributed by atoms with van der Waals surface area (Å²) in [4.78, 5) is 12.4. The number of nitrogens with one attached hydrogen (secondary N) is 1. The average molecular weight is 197 g/mol. The van der Waals surface area contributed by atoms with Gasteiger partial charge in [0.05, 0.1) is 6.54 Å². The van der Waals surface area contributed by atoms with E-state index in [2.05, 4.69) is 23.7 Å². The van der Waals surface area contributed by atoms with Crippen LogP contribution in [0.4, 0.5) is 0 Å². The molecule has 0 saturated heterocycles. The number of hydrogen-bond acceptors (Lipinski definition) is 2. The monoisotopic (exact) mass is 197 g/mol. The predicted molar refractivity (Wildman–Crippen MR) is 55.7 cm³/mol. The molecule has 0 aliphatic carbocycles. The second kappa shape index (κ2) is 4.42. The van der Waals surface area contributed by atoms with Gasteiger partial charge in [0.15, 0.2) is 0 Å². The topological polar surface area (TPSA) is 29.1 Å². The van der Waals surface area contributed by atoms with Gasteiger partial charge >= 0.3 is 0 Å². The lowest BCUT2D eigenvalue weighted by Gasteiger charge is -2.05. The summed E-state index contributed by atoms with van der Waals surface area (Å²) in [6.07, 6.45) is 0. The van der Waals surface area contributed by atoms with Crippen molar-refractivity contribution in [3.8, 4) is 0 Å². The van der Waals surface area contributed by atoms with Crippen molar-refractivity contribution in [2.24, 2.45) is 5.92 Å². The van der Waals surface area contributed by atoms with Gasteiger partial charge < -0.3 is 5.32 Å². The molecular formula is C10H15NOS. The first-order valence-electron chi connectivity index (χ1n) is 4.41. The van der Waals surface area contributed by atoms with Crippen LogP contribution >= 0.6 is 11.3 Å². The van der Waals surface area contributed by atoms with Gasteiger partial charge in [0.25, 0.3) is 0 Å². The van der Waals surface area contributed by atoms with Crippen molar-refractivity contribution < 1.29 is 4.79 Å². The zero-order chi connectivity index (χ0) is 9.84. The van der Waals surface area contributed by atoms with E-state index in [1.807, 2.05) is 13.8 Å². The van der Waals surface area contributed by atoms with Gasteiger partial charge in [0.2, 0.25) is 5.91 Å². The van der Waals surface area contributed by atoms with Crippen molar-refractivity contribution >= 4 is 17.2 Å². The maximum absolute atomic E-state index is 11.2. The maximum Gasteiger partial charge on any atom is 0.222 e. The fraction of sp³-hybridized carbons (Fsp3) is 0.500. The number of carbonyl (C=O) groups excluding carboxylic acids is 1. The number of rotatable bonds is 3. The zero-order valence-electron chi connectivity index (χ0n) is 8.26. The highest BCUT2D eigenvalue weighted by molar-refractivity contribution is 7.10. The van der Waals surface area contributed by atoms with Crippen molar-refractivity contribution in [1.29, 1.82) is 0 Å². The third-order valence-corrected chi connectivity index (χ3v) is 2.80. The van der Waals surface area contributed by atoms with Gasteiger partial charge in [0, 0.05) is 10.8 Å². The van der Waals surface area contributed by atoms with E-state index in [4.69, 9.17) is 0 Å². The first-order valence-corrected chi connectivity index (χ1v) is 5.29. The lowest BCUT2D eigenvalue weighted by Crippen LogP contribution is -2.26. The first-order chi connectivity index (χ1) is 6.09. The molecule has 1 aromatic heterocycles. The molecule has 1 rings (SSSR count). The molecule has 13 heavy (non-hydrogen) atoms. The minimum atomic E-state index is 0.0704. The minimum Gasteiger partial charge on any atom is -0.351 e. The van der Waals surface area contributed by atoms with Gasteiger partial charge in [-0.2, -0.15) is 0 Å². The standard InChI is InChI=1S/C10H15NOS/c1-7(2)10(12)11-5-9-4-8(3)6-13-9/h4,6-7H,5H2,1-3H3,(H,11,12). The third-order valence-electron chi connectivity index (χ3n) is 1.75. The molecule has 0 fully saturated rings. The molecular weight excluding hydrogens is 182 g/mol. The van der Waals surface area contributed by atoms with Crippen molar-refractivity contribution in [3.05, 3.63) is 21.9 Å². The molecule has 0 aromatic carbocycles. The number of amides is 1. The second-order valence-electron chi connectivity index (χ2n) is 3.46. The minimum absolute atomic E-state index is 0.0704. The Morgan fingerprint density at radius 2 is 2.31 bits per heavy atom. The Kier molecular flexibility index (Phi) is 3.48. The Morgan fingerprint density at radius 3 is 2.77 bits per heavy atom. The SMILES string of the molecule is Cc1csc(CNC(=O)C(C)C)c1. The van der Waals surface area contributed by atoms with E-state index in [-0.39, 0.29) is 11.8 Å². The predicted octanol–water partition coefficient (Wildman–Crippen LogP) is 2.33. The Balaban J connectivity index is 2.39. The first kappa shape index (κ1) is 10.3. The van der Waals surface area contributed by atoms with Gasteiger partial charge in [-0.3, -0.25) is 4.79 Å². The highest BCUT2D eigenvalue weighted by Crippen LogP contribution is 2.13. The normalized spacial score (nSPS) is 10.5. The Hall–Kier alpha value is -0.830. The molecule has 0 saturated carbocycles. The largest absolute Gasteiger partial charge is 0.351 e. The molecule has 1 amide bonds. The van der Waals surface area contributed by atoms with Crippen LogP contribution < -0.4 is 5.32 Å². The lowest BCUT2D eigenvalue weighted by molar-refractivity contribution is -0.124. The van der Waals surface area contributed by atoms with E-state index in [0.717, 1.165) is 0 Å². The van der Waals surface area contributed by atoms with Gasteiger partial charge in [0.1, 0.15) is 0 Å². The molecule has 72 valence electrons. The van der Waals surface area contributed by atoms with Crippen LogP contribution in [0.25, 0.3) is 0 Å². The summed E-state index contributed by atoms with van der Waals surface area (Å²) >= 11 is 1.69. The quantitative estimate of drug-likeness (QED) is 0.791. The molecule has 1 N–H and O–H groups in total. The van der Waals surface area contributed by atoms with Crippen molar-refractivity contribution in [2.45, 2.75) is 27.3 Å². The van der Waals surface area contributed by atoms with Crippen LogP contribution in [0.3, 0.4) is 0 Å². The van der Waals surface area contributed by atoms with E-state index in [9.17, 15) is 4.79 Å². The zero-order valence-corrected chi connectivity index (χ0v) is 9.07. The third kappa shape index (κ3) is 3.19. The number of carbonyl (C=O) groups is 1. The molecule has 0 radical (unpaired) electrons. The van der Waals surface area contributed by atoms with E-state index in [0.29, 0.717) is 6.54 Å². The summed E-state index contributed by atoms with van der Waals surface area (Å²) in [7, 11) is 0. The van der Waals surface area contributed by atoms with Crippen LogP contribution in [0.1, 0.15) is 24.3 Å². The van der Waals surface area contributed by atoms with E-state index >= 15 is 0 Å². The molecule has 0 spiro atoms. The summed E-state index contributed by atoms with van der Waals surface area (Å²) in [5, 5.41) is 4.98. The highest BCUT2D eigenvalue weighted by Gasteiger charge is 2.06. The average Bonchev–Trinajstić information content (AvgIpc) is 2.47. The van der Waals surface area contributed by atoms with Crippen LogP contribution in [0, 0.1) is 12.8 Å². The molecule has 3 heteroatoms. The van der Waals surface area contributed by atoms with Gasteiger partial charge in [-0.05, 0) is 23.9 Å². The maximum atomic E-state index is 11.2. The second-order valence-corrected chi connectivity index (χ2v) is 4.46. The Morgan fingerprint density at radius 1 is 1.62 bits per heavy atom. The van der Waals surface area contributed by atoms with Gasteiger partial charge in [-0.1, -0.05) is 13.8 Å². The van der Waals surface area contributed by atoms with E-state index in [1.165, 1.54) is 10.4 Å². The highest BCUT2D eigenvalue weighted by atomic mass is 32.1. The van der Waals surface area contributed by atoms with Crippen LogP contribution in [-0.4, -0.2) is 5.91 Å². The summed E-state index contributed by atoms with van der Waals surface area (Å²) in [6.45, 7) is 6.52. The fourth-order valence-electron chi connectivity index (χ4n) is 0.962. The van der Waals surface area contributed by atoms with Crippen LogP contribution in [-0.2, 0) is 11.3 Å². The molecule has 0 unspecified atom stereocenters. The number of hydrogen-bond donors (Lipinski definition) is 1. The smallest absolute Gasteiger partial charge is 0.222 e. The van der Waals surface area contributed by atoms with Crippen LogP contribution in [0.5, 0.6) is 0 Å². The van der Waals surface area contributed by atoms with Crippen molar-refractivity contribution in [3.63, 3.8) is 0 Å². The van der Waals surface area contributed by atoms with Gasteiger partial charge in [-0.25, -0.2) is 0 Å². The number of thiophene rings is 1. The number of aryl methyl sites for hydroxylation is 1. The molecule has 0 atom stereocenters. The molecule has 0 aliphatic rings. The molecule has 2 nitrogen and oxygen atoms in total. The molecule has 0 aliphatic heterocycles. The van der Waals surface area contributed by atoms with Crippen molar-refractivity contribution in [2.75, 3.05) is 0 Å². The van der Waals surface area contributed by atoms with Gasteiger partial charge in [-0.15, -0.1) is 11.3 Å². The fourth-order valence-corrected chi connectivity index (χ4v) is 1.78. The van der Waals surface area contributed by atoms with Crippen molar-refractivity contribution in [1.82, 2.24) is 5.32 Å². The van der Waals surface area contributed by atoms with E-state index < -0.39 is 0 Å². The molecule has 1 aromatic rings. The van der Waals surface area contributed by atoms with Crippen LogP contribution in [0.15, 0.2) is 11.4 Å². The summed E-state index contributed by atoms with van der Waals surface area (Å²) in [6, 6.07) is 2.10. The molecule has 0 bridgehead atoms. The lowest BCUT2D eigenvalue weighted by atomic mass is 10.2. The summed E-state index contributed by atoms with van der Waals surface area (Å²) < 4.78 is 0. The Bertz CT molecular complexity index is 291. The summed E-state index contributed by atoms with van der Waals surface area (Å²) in [5.41, 5.74) is 1.26. The summed E-state index contributed by atoms with van der Waals surface area (Å²) in [5.74, 6) is 0.187. The van der Waals surface area contributed by atoms with E-state index in [1.54, 1.807) is 11.3 Å². The Labute approximate surface area is 83.0 Å². The van der Waals surface area contributed by atoms with Crippen LogP contribution in [0.2, 0.25) is 0 Å².